The minimum Gasteiger partial charge on any atom is -0.494 e. The first-order valence-electron chi connectivity index (χ1n) is 12.8. The molecule has 0 bridgehead atoms. The van der Waals surface area contributed by atoms with E-state index in [0.717, 1.165) is 23.9 Å². The van der Waals surface area contributed by atoms with Crippen LogP contribution < -0.4 is 9.64 Å². The number of azo groups is 2. The Labute approximate surface area is 249 Å². The third-order valence-electron chi connectivity index (χ3n) is 5.74. The van der Waals surface area contributed by atoms with Gasteiger partial charge in [-0.1, -0.05) is 0 Å². The van der Waals surface area contributed by atoms with E-state index in [2.05, 4.69) is 20.5 Å². The molecule has 0 aliphatic heterocycles. The SMILES string of the molecule is COc1cc(N=Nc2ccc(S(=O)(=O)O)cc2)cc(S(=O)(=O)O)c1N=Nc1ccc(N(C)CCCC(=O)OC(C)C)cc1. The lowest BCUT2D eigenvalue weighted by Crippen LogP contribution is -2.20. The fourth-order valence-corrected chi connectivity index (χ4v) is 4.81. The number of hydrogen-bond donors (Lipinski definition) is 2. The standard InChI is InChI=1S/C27H31N5O9S2/c1-18(2)41-26(33)6-5-15-32(3)22-11-7-19(8-12-22)29-31-27-24(40-4)16-21(17-25(27)43(37,38)39)30-28-20-9-13-23(14-10-20)42(34,35)36/h7-14,16-18H,5-6,15H2,1-4H3,(H,34,35,36)(H,37,38,39). The van der Waals surface area contributed by atoms with Gasteiger partial charge in [0, 0.05) is 31.8 Å². The highest BCUT2D eigenvalue weighted by Gasteiger charge is 2.22. The molecule has 3 aromatic carbocycles. The number of hydrogen-bond acceptors (Lipinski definition) is 12. The van der Waals surface area contributed by atoms with E-state index in [-0.39, 0.29) is 39.8 Å². The van der Waals surface area contributed by atoms with Crippen LogP contribution >= 0.6 is 0 Å². The molecule has 0 aliphatic carbocycles. The van der Waals surface area contributed by atoms with Gasteiger partial charge in [-0.15, -0.1) is 5.11 Å². The molecular weight excluding hydrogens is 602 g/mol. The molecule has 0 saturated carbocycles. The van der Waals surface area contributed by atoms with Crippen molar-refractivity contribution in [3.05, 3.63) is 60.7 Å². The van der Waals surface area contributed by atoms with Crippen LogP contribution in [-0.2, 0) is 29.8 Å². The summed E-state index contributed by atoms with van der Waals surface area (Å²) in [5.74, 6) is -0.315. The Morgan fingerprint density at radius 3 is 1.93 bits per heavy atom. The van der Waals surface area contributed by atoms with Gasteiger partial charge in [0.15, 0.2) is 0 Å². The Hall–Kier alpha value is -4.25. The molecule has 0 fully saturated rings. The van der Waals surface area contributed by atoms with Crippen molar-refractivity contribution in [3.8, 4) is 5.75 Å². The van der Waals surface area contributed by atoms with Crippen molar-refractivity contribution in [2.24, 2.45) is 20.5 Å². The molecule has 16 heteroatoms. The third-order valence-corrected chi connectivity index (χ3v) is 7.47. The van der Waals surface area contributed by atoms with Gasteiger partial charge in [0.25, 0.3) is 20.2 Å². The van der Waals surface area contributed by atoms with E-state index in [9.17, 15) is 26.2 Å². The fourth-order valence-electron chi connectivity index (χ4n) is 3.67. The quantitative estimate of drug-likeness (QED) is 0.124. The van der Waals surface area contributed by atoms with E-state index in [4.69, 9.17) is 14.0 Å². The molecule has 3 aromatic rings. The van der Waals surface area contributed by atoms with Gasteiger partial charge < -0.3 is 14.4 Å². The minimum atomic E-state index is -4.81. The maximum Gasteiger partial charge on any atom is 0.306 e. The molecular formula is C27H31N5O9S2. The van der Waals surface area contributed by atoms with Crippen LogP contribution in [-0.4, -0.2) is 58.7 Å². The zero-order valence-corrected chi connectivity index (χ0v) is 25.4. The number of esters is 1. The summed E-state index contributed by atoms with van der Waals surface area (Å²) in [6.07, 6.45) is 0.756. The predicted octanol–water partition coefficient (Wildman–Crippen LogP) is 6.19. The maximum absolute atomic E-state index is 12.2. The number of methoxy groups -OCH3 is 1. The lowest BCUT2D eigenvalue weighted by Gasteiger charge is -2.19. The van der Waals surface area contributed by atoms with E-state index < -0.39 is 25.1 Å². The van der Waals surface area contributed by atoms with Crippen LogP contribution in [0.25, 0.3) is 0 Å². The lowest BCUT2D eigenvalue weighted by molar-refractivity contribution is -0.147. The molecule has 0 aliphatic rings. The van der Waals surface area contributed by atoms with E-state index in [0.29, 0.717) is 25.1 Å². The van der Waals surface area contributed by atoms with Gasteiger partial charge in [0.2, 0.25) is 0 Å². The number of carbonyl (C=O) groups is 1. The first-order chi connectivity index (χ1) is 20.2. The molecule has 2 N–H and O–H groups in total. The smallest absolute Gasteiger partial charge is 0.306 e. The van der Waals surface area contributed by atoms with Gasteiger partial charge in [0.1, 0.15) is 16.3 Å². The van der Waals surface area contributed by atoms with Crippen molar-refractivity contribution < 1.29 is 40.2 Å². The molecule has 0 amide bonds. The fraction of sp³-hybridized carbons (Fsp3) is 0.296. The molecule has 0 saturated heterocycles. The van der Waals surface area contributed by atoms with Crippen molar-refractivity contribution in [1.29, 1.82) is 0 Å². The van der Waals surface area contributed by atoms with Crippen LogP contribution in [0.3, 0.4) is 0 Å². The van der Waals surface area contributed by atoms with Crippen LogP contribution in [0.1, 0.15) is 26.7 Å². The number of nitrogens with zero attached hydrogens (tertiary/aromatic N) is 5. The number of ether oxygens (including phenoxy) is 2. The normalized spacial score (nSPS) is 12.3. The molecule has 43 heavy (non-hydrogen) atoms. The third kappa shape index (κ3) is 9.92. The average molecular weight is 634 g/mol. The zero-order valence-electron chi connectivity index (χ0n) is 23.8. The molecule has 0 unspecified atom stereocenters. The Morgan fingerprint density at radius 1 is 0.837 bits per heavy atom. The summed E-state index contributed by atoms with van der Waals surface area (Å²) in [5.41, 5.74) is 1.15. The Bertz CT molecular complexity index is 1710. The zero-order chi connectivity index (χ0) is 31.8. The molecule has 0 spiro atoms. The maximum atomic E-state index is 12.2. The number of rotatable bonds is 13. The Kier molecular flexibility index (Phi) is 11.0. The molecule has 0 atom stereocenters. The molecule has 0 aromatic heterocycles. The second kappa shape index (κ2) is 14.3. The first kappa shape index (κ1) is 33.3. The van der Waals surface area contributed by atoms with Gasteiger partial charge in [-0.3, -0.25) is 13.9 Å². The van der Waals surface area contributed by atoms with Gasteiger partial charge in [-0.2, -0.15) is 32.2 Å². The minimum absolute atomic E-state index is 0.0212. The van der Waals surface area contributed by atoms with Crippen molar-refractivity contribution in [1.82, 2.24) is 0 Å². The lowest BCUT2D eigenvalue weighted by atomic mass is 10.2. The highest BCUT2D eigenvalue weighted by Crippen LogP contribution is 2.40. The molecule has 3 rings (SSSR count). The van der Waals surface area contributed by atoms with E-state index in [1.165, 1.54) is 25.3 Å². The van der Waals surface area contributed by atoms with Crippen molar-refractivity contribution in [2.75, 3.05) is 25.6 Å². The second-order valence-corrected chi connectivity index (χ2v) is 12.2. The van der Waals surface area contributed by atoms with Crippen LogP contribution in [0.15, 0.2) is 90.9 Å². The van der Waals surface area contributed by atoms with Gasteiger partial charge in [-0.05, 0) is 74.9 Å². The van der Waals surface area contributed by atoms with Crippen molar-refractivity contribution in [2.45, 2.75) is 42.6 Å². The van der Waals surface area contributed by atoms with Gasteiger partial charge in [0.05, 0.1) is 35.2 Å². The second-order valence-electron chi connectivity index (χ2n) is 9.42. The topological polar surface area (TPSA) is 197 Å². The summed E-state index contributed by atoms with van der Waals surface area (Å²) in [7, 11) is -6.05. The monoisotopic (exact) mass is 633 g/mol. The molecule has 0 radical (unpaired) electrons. The predicted molar refractivity (Wildman–Crippen MR) is 158 cm³/mol. The largest absolute Gasteiger partial charge is 0.494 e. The molecule has 0 heterocycles. The summed E-state index contributed by atoms with van der Waals surface area (Å²) >= 11 is 0. The number of anilines is 1. The van der Waals surface area contributed by atoms with E-state index in [1.54, 1.807) is 38.1 Å². The van der Waals surface area contributed by atoms with Gasteiger partial charge in [-0.25, -0.2) is 0 Å². The summed E-state index contributed by atoms with van der Waals surface area (Å²) in [6, 6.07) is 14.1. The van der Waals surface area contributed by atoms with Crippen molar-refractivity contribution in [3.63, 3.8) is 0 Å². The average Bonchev–Trinajstić information content (AvgIpc) is 2.93. The van der Waals surface area contributed by atoms with E-state index in [1.807, 2.05) is 11.9 Å². The highest BCUT2D eigenvalue weighted by atomic mass is 32.2. The van der Waals surface area contributed by atoms with Crippen LogP contribution in [0.4, 0.5) is 28.4 Å². The van der Waals surface area contributed by atoms with Crippen LogP contribution in [0.5, 0.6) is 5.75 Å². The van der Waals surface area contributed by atoms with Crippen LogP contribution in [0.2, 0.25) is 0 Å². The summed E-state index contributed by atoms with van der Waals surface area (Å²) in [6.45, 7) is 4.21. The molecule has 230 valence electrons. The van der Waals surface area contributed by atoms with Crippen LogP contribution in [0, 0.1) is 0 Å². The Morgan fingerprint density at radius 2 is 1.40 bits per heavy atom. The number of benzene rings is 3. The Balaban J connectivity index is 1.79. The summed E-state index contributed by atoms with van der Waals surface area (Å²) in [5, 5.41) is 16.0. The summed E-state index contributed by atoms with van der Waals surface area (Å²) < 4.78 is 76.2. The molecule has 14 nitrogen and oxygen atoms in total. The first-order valence-corrected chi connectivity index (χ1v) is 15.7. The number of carbonyl (C=O) groups excluding carboxylic acids is 1. The highest BCUT2D eigenvalue weighted by molar-refractivity contribution is 7.86. The van der Waals surface area contributed by atoms with E-state index >= 15 is 0 Å². The van der Waals surface area contributed by atoms with Gasteiger partial charge >= 0.3 is 5.97 Å². The van der Waals surface area contributed by atoms with Crippen molar-refractivity contribution >= 4 is 54.6 Å². The summed E-state index contributed by atoms with van der Waals surface area (Å²) in [4.78, 5) is 12.7.